The van der Waals surface area contributed by atoms with Crippen molar-refractivity contribution >= 4 is 34.4 Å². The molecule has 7 heteroatoms. The summed E-state index contributed by atoms with van der Waals surface area (Å²) >= 11 is 0.978. The Bertz CT molecular complexity index is 1300. The minimum atomic E-state index is -1.10. The molecule has 0 amide bonds. The average Bonchev–Trinajstić information content (AvgIpc) is 3.11. The maximum Gasteiger partial charge on any atom is 0.348 e. The van der Waals surface area contributed by atoms with Gasteiger partial charge in [0.2, 0.25) is 0 Å². The Morgan fingerprint density at radius 3 is 2.55 bits per heavy atom. The lowest BCUT2D eigenvalue weighted by atomic mass is 10.1. The van der Waals surface area contributed by atoms with Crippen LogP contribution in [-0.4, -0.2) is 25.4 Å². The monoisotopic (exact) mass is 403 g/mol. The smallest absolute Gasteiger partial charge is 0.348 e. The number of pyridine rings is 1. The fraction of sp³-hybridized carbons (Fsp3) is 0.0909. The third-order valence-corrected chi connectivity index (χ3v) is 5.62. The van der Waals surface area contributed by atoms with E-state index in [-0.39, 0.29) is 10.4 Å². The highest BCUT2D eigenvalue weighted by atomic mass is 32.1. The Morgan fingerprint density at radius 2 is 1.90 bits per heavy atom. The van der Waals surface area contributed by atoms with Crippen molar-refractivity contribution < 1.29 is 9.90 Å². The number of carbonyl (C=O) groups is 1. The minimum Gasteiger partial charge on any atom is -0.477 e. The first-order valence-electron chi connectivity index (χ1n) is 8.90. The molecule has 0 spiro atoms. The molecule has 0 unspecified atom stereocenters. The van der Waals surface area contributed by atoms with Crippen molar-refractivity contribution in [1.82, 2.24) is 14.4 Å². The average molecular weight is 403 g/mol. The van der Waals surface area contributed by atoms with Crippen molar-refractivity contribution in [2.24, 2.45) is 0 Å². The third-order valence-electron chi connectivity index (χ3n) is 4.59. The van der Waals surface area contributed by atoms with Crippen molar-refractivity contribution in [3.05, 3.63) is 86.4 Å². The molecule has 0 radical (unpaired) electrons. The Kier molecular flexibility index (Phi) is 4.82. The number of benzene rings is 1. The summed E-state index contributed by atoms with van der Waals surface area (Å²) in [5.74, 6) is -1.10. The molecule has 0 atom stereocenters. The normalized spacial score (nSPS) is 11.4. The number of carboxylic acids is 1. The number of thiazole rings is 1. The Balaban J connectivity index is 1.91. The molecule has 3 heterocycles. The van der Waals surface area contributed by atoms with Gasteiger partial charge in [0.25, 0.3) is 5.56 Å². The van der Waals surface area contributed by atoms with Crippen molar-refractivity contribution in [3.63, 3.8) is 0 Å². The van der Waals surface area contributed by atoms with Gasteiger partial charge in [-0.05, 0) is 37.6 Å². The zero-order valence-electron chi connectivity index (χ0n) is 15.8. The highest BCUT2D eigenvalue weighted by Crippen LogP contribution is 2.30. The molecule has 0 fully saturated rings. The van der Waals surface area contributed by atoms with Gasteiger partial charge in [0.1, 0.15) is 4.88 Å². The number of rotatable bonds is 4. The van der Waals surface area contributed by atoms with Crippen LogP contribution in [0.5, 0.6) is 0 Å². The number of fused-ring (bicyclic) bond motifs is 1. The van der Waals surface area contributed by atoms with E-state index < -0.39 is 5.97 Å². The van der Waals surface area contributed by atoms with E-state index in [1.807, 2.05) is 37.3 Å². The van der Waals surface area contributed by atoms with E-state index in [2.05, 4.69) is 9.97 Å². The van der Waals surface area contributed by atoms with Crippen LogP contribution in [0.4, 0.5) is 0 Å². The first kappa shape index (κ1) is 18.8. The van der Waals surface area contributed by atoms with Gasteiger partial charge in [0.05, 0.1) is 11.4 Å². The van der Waals surface area contributed by atoms with E-state index in [0.717, 1.165) is 16.9 Å². The van der Waals surface area contributed by atoms with Crippen molar-refractivity contribution in [2.45, 2.75) is 13.8 Å². The summed E-state index contributed by atoms with van der Waals surface area (Å²) in [6, 6.07) is 11.4. The van der Waals surface area contributed by atoms with Crippen LogP contribution in [0.1, 0.15) is 32.1 Å². The number of carboxylic acid groups (broad SMARTS) is 1. The minimum absolute atomic E-state index is 0.0571. The summed E-state index contributed by atoms with van der Waals surface area (Å²) in [5, 5.41) is 9.66. The molecule has 4 rings (SSSR count). The zero-order chi connectivity index (χ0) is 20.5. The van der Waals surface area contributed by atoms with Gasteiger partial charge >= 0.3 is 5.97 Å². The van der Waals surface area contributed by atoms with Gasteiger partial charge in [-0.15, -0.1) is 0 Å². The van der Waals surface area contributed by atoms with E-state index in [0.29, 0.717) is 27.5 Å². The van der Waals surface area contributed by atoms with E-state index >= 15 is 0 Å². The third kappa shape index (κ3) is 3.48. The number of nitrogens with zero attached hydrogens (tertiary/aromatic N) is 3. The van der Waals surface area contributed by atoms with E-state index in [4.69, 9.17) is 0 Å². The first-order chi connectivity index (χ1) is 14.0. The molecule has 6 nitrogen and oxygen atoms in total. The van der Waals surface area contributed by atoms with Gasteiger partial charge in [-0.3, -0.25) is 9.78 Å². The van der Waals surface area contributed by atoms with Crippen LogP contribution in [0, 0.1) is 13.8 Å². The lowest BCUT2D eigenvalue weighted by Gasteiger charge is -2.05. The summed E-state index contributed by atoms with van der Waals surface area (Å²) in [4.78, 5) is 33.9. The summed E-state index contributed by atoms with van der Waals surface area (Å²) in [6.45, 7) is 3.71. The molecular formula is C22H17N3O3S. The molecule has 4 aromatic rings. The largest absolute Gasteiger partial charge is 0.477 e. The molecule has 0 aliphatic rings. The van der Waals surface area contributed by atoms with Crippen LogP contribution >= 0.6 is 11.3 Å². The summed E-state index contributed by atoms with van der Waals surface area (Å²) in [5.41, 5.74) is 3.70. The molecule has 3 aromatic heterocycles. The second-order valence-electron chi connectivity index (χ2n) is 6.62. The summed E-state index contributed by atoms with van der Waals surface area (Å²) in [6.07, 6.45) is 6.81. The fourth-order valence-corrected chi connectivity index (χ4v) is 4.02. The van der Waals surface area contributed by atoms with Crippen molar-refractivity contribution in [2.75, 3.05) is 0 Å². The van der Waals surface area contributed by atoms with E-state index in [1.165, 1.54) is 9.96 Å². The van der Waals surface area contributed by atoms with E-state index in [9.17, 15) is 14.7 Å². The number of aromatic carboxylic acids is 1. The van der Waals surface area contributed by atoms with Gasteiger partial charge in [0.15, 0.2) is 4.96 Å². The molecule has 0 aliphatic heterocycles. The molecule has 0 bridgehead atoms. The zero-order valence-corrected chi connectivity index (χ0v) is 16.6. The first-order valence-corrected chi connectivity index (χ1v) is 9.72. The van der Waals surface area contributed by atoms with Crippen molar-refractivity contribution in [3.8, 4) is 11.3 Å². The lowest BCUT2D eigenvalue weighted by Crippen LogP contribution is -2.19. The number of hydrogen-bond acceptors (Lipinski definition) is 5. The van der Waals surface area contributed by atoms with Crippen LogP contribution in [-0.2, 0) is 0 Å². The van der Waals surface area contributed by atoms with Crippen LogP contribution < -0.4 is 5.56 Å². The second kappa shape index (κ2) is 7.44. The van der Waals surface area contributed by atoms with Gasteiger partial charge in [-0.1, -0.05) is 47.2 Å². The van der Waals surface area contributed by atoms with Crippen LogP contribution in [0.2, 0.25) is 0 Å². The Hall–Kier alpha value is -3.58. The topological polar surface area (TPSA) is 84.6 Å². The quantitative estimate of drug-likeness (QED) is 0.549. The van der Waals surface area contributed by atoms with Crippen LogP contribution in [0.3, 0.4) is 0 Å². The Morgan fingerprint density at radius 1 is 1.14 bits per heavy atom. The van der Waals surface area contributed by atoms with Gasteiger partial charge < -0.3 is 5.11 Å². The number of aryl methyl sites for hydroxylation is 1. The standard InChI is InChI=1S/C22H17N3O3S/c1-13-5-7-15(8-6-13)9-10-17-14(2)20(26)25-18(16-4-3-11-23-12-16)19(21(27)28)29-22(25)24-17/h3-12H,1-2H3,(H,27,28)/b10-9+. The fourth-order valence-electron chi connectivity index (χ4n) is 3.03. The van der Waals surface area contributed by atoms with E-state index in [1.54, 1.807) is 37.5 Å². The highest BCUT2D eigenvalue weighted by molar-refractivity contribution is 7.19. The number of hydrogen-bond donors (Lipinski definition) is 1. The maximum absolute atomic E-state index is 13.1. The lowest BCUT2D eigenvalue weighted by molar-refractivity contribution is 0.0702. The SMILES string of the molecule is Cc1ccc(/C=C/c2nc3sc(C(=O)O)c(-c4cccnc4)n3c(=O)c2C)cc1. The molecule has 144 valence electrons. The van der Waals surface area contributed by atoms with Crippen molar-refractivity contribution in [1.29, 1.82) is 0 Å². The van der Waals surface area contributed by atoms with Crippen LogP contribution in [0.25, 0.3) is 28.4 Å². The maximum atomic E-state index is 13.1. The molecule has 0 saturated carbocycles. The van der Waals surface area contributed by atoms with Gasteiger partial charge in [0, 0.05) is 23.5 Å². The van der Waals surface area contributed by atoms with Gasteiger partial charge in [-0.25, -0.2) is 14.2 Å². The molecule has 1 aromatic carbocycles. The number of aromatic nitrogens is 3. The Labute approximate surface area is 170 Å². The summed E-state index contributed by atoms with van der Waals surface area (Å²) < 4.78 is 1.36. The van der Waals surface area contributed by atoms with Gasteiger partial charge in [-0.2, -0.15) is 0 Å². The molecule has 29 heavy (non-hydrogen) atoms. The van der Waals surface area contributed by atoms with Crippen LogP contribution in [0.15, 0.2) is 53.6 Å². The molecule has 0 aliphatic carbocycles. The molecule has 0 saturated heterocycles. The summed E-state index contributed by atoms with van der Waals surface area (Å²) in [7, 11) is 0. The highest BCUT2D eigenvalue weighted by Gasteiger charge is 2.23. The molecule has 1 N–H and O–H groups in total. The predicted octanol–water partition coefficient (Wildman–Crippen LogP) is 4.30. The second-order valence-corrected chi connectivity index (χ2v) is 7.59. The molecular weight excluding hydrogens is 386 g/mol. The predicted molar refractivity (Wildman–Crippen MR) is 114 cm³/mol.